The van der Waals surface area contributed by atoms with Gasteiger partial charge in [0.25, 0.3) is 5.82 Å². The zero-order chi connectivity index (χ0) is 20.9. The van der Waals surface area contributed by atoms with E-state index in [0.29, 0.717) is 5.69 Å². The molecule has 0 aliphatic heterocycles. The Morgan fingerprint density at radius 3 is 2.29 bits per heavy atom. The van der Waals surface area contributed by atoms with Crippen LogP contribution < -0.4 is 4.57 Å². The van der Waals surface area contributed by atoms with Crippen molar-refractivity contribution in [1.29, 1.82) is 0 Å². The van der Waals surface area contributed by atoms with E-state index < -0.39 is 5.89 Å². The molecule has 28 heavy (non-hydrogen) atoms. The summed E-state index contributed by atoms with van der Waals surface area (Å²) in [6.45, 7) is 9.80. The molecule has 0 fully saturated rings. The number of rotatable bonds is 3. The lowest BCUT2D eigenvalue weighted by atomic mass is 10.1. The van der Waals surface area contributed by atoms with Gasteiger partial charge in [-0.3, -0.25) is 0 Å². The van der Waals surface area contributed by atoms with E-state index in [2.05, 4.69) is 65.6 Å². The van der Waals surface area contributed by atoms with Gasteiger partial charge in [-0.15, -0.1) is 0 Å². The van der Waals surface area contributed by atoms with Crippen LogP contribution >= 0.6 is 0 Å². The van der Waals surface area contributed by atoms with Crippen LogP contribution in [-0.4, -0.2) is 14.5 Å². The lowest BCUT2D eigenvalue weighted by Crippen LogP contribution is -2.30. The van der Waals surface area contributed by atoms with E-state index in [1.807, 2.05) is 33.8 Å². The number of benzene rings is 2. The fourth-order valence-corrected chi connectivity index (χ4v) is 3.74. The average molecular weight is 373 g/mol. The highest BCUT2D eigenvalue weighted by atomic mass is 15.2. The molecule has 4 nitrogen and oxygen atoms in total. The smallest absolute Gasteiger partial charge is 0.250 e. The van der Waals surface area contributed by atoms with Crippen molar-refractivity contribution >= 4 is 11.0 Å². The number of para-hydroxylation sites is 2. The van der Waals surface area contributed by atoms with Crippen molar-refractivity contribution in [3.8, 4) is 17.2 Å². The molecule has 0 saturated heterocycles. The molecule has 0 saturated carbocycles. The van der Waals surface area contributed by atoms with Crippen molar-refractivity contribution in [3.63, 3.8) is 0 Å². The minimum Gasteiger partial charge on any atom is -0.250 e. The Morgan fingerprint density at radius 1 is 0.929 bits per heavy atom. The van der Waals surface area contributed by atoms with E-state index in [-0.39, 0.29) is 0 Å². The standard InChI is InChI=1S/C24H27N4/c1-15(2)22-23(26-18(5)17(4)25-22)28-21-14-10-9-13-20(21)27(6)24(28)19-12-8-7-11-16(19)3/h7-15H,1-6H3/q+1/i15D. The first kappa shape index (κ1) is 17.1. The topological polar surface area (TPSA) is 34.6 Å². The van der Waals surface area contributed by atoms with Gasteiger partial charge in [0.1, 0.15) is 5.69 Å². The maximum Gasteiger partial charge on any atom is 0.296 e. The van der Waals surface area contributed by atoms with E-state index in [4.69, 9.17) is 11.3 Å². The third-order valence-electron chi connectivity index (χ3n) is 5.37. The SMILES string of the molecule is [2H]C(C)(C)c1nc(C)c(C)nc1-n1c(-c2ccccc2C)[n+](C)c2ccccc21. The second-order valence-corrected chi connectivity index (χ2v) is 7.59. The number of aryl methyl sites for hydroxylation is 4. The molecule has 2 aromatic carbocycles. The second-order valence-electron chi connectivity index (χ2n) is 7.59. The van der Waals surface area contributed by atoms with E-state index in [0.717, 1.165) is 39.6 Å². The molecule has 0 spiro atoms. The summed E-state index contributed by atoms with van der Waals surface area (Å²) in [6, 6.07) is 16.7. The molecule has 142 valence electrons. The molecule has 0 aliphatic carbocycles. The van der Waals surface area contributed by atoms with Crippen LogP contribution in [0.1, 0.15) is 43.8 Å². The molecule has 4 rings (SSSR count). The molecular formula is C24H27N4+. The minimum atomic E-state index is -0.881. The maximum absolute atomic E-state index is 8.74. The molecule has 0 bridgehead atoms. The Labute approximate surface area is 167 Å². The zero-order valence-electron chi connectivity index (χ0n) is 18.4. The van der Waals surface area contributed by atoms with Crippen molar-refractivity contribution in [2.75, 3.05) is 0 Å². The van der Waals surface area contributed by atoms with Crippen LogP contribution in [0, 0.1) is 20.8 Å². The van der Waals surface area contributed by atoms with Gasteiger partial charge in [0, 0.05) is 7.26 Å². The van der Waals surface area contributed by atoms with Gasteiger partial charge in [0.15, 0.2) is 11.0 Å². The van der Waals surface area contributed by atoms with Crippen molar-refractivity contribution in [2.24, 2.45) is 7.05 Å². The molecule has 2 heterocycles. The number of imidazole rings is 1. The lowest BCUT2D eigenvalue weighted by molar-refractivity contribution is -0.633. The van der Waals surface area contributed by atoms with Crippen LogP contribution in [0.25, 0.3) is 28.2 Å². The van der Waals surface area contributed by atoms with Gasteiger partial charge in [0.2, 0.25) is 5.82 Å². The van der Waals surface area contributed by atoms with Gasteiger partial charge in [-0.05, 0) is 44.5 Å². The molecule has 0 aliphatic rings. The van der Waals surface area contributed by atoms with Crippen LogP contribution in [0.5, 0.6) is 0 Å². The third kappa shape index (κ3) is 2.80. The Hall–Kier alpha value is -3.01. The predicted molar refractivity (Wildman–Crippen MR) is 114 cm³/mol. The summed E-state index contributed by atoms with van der Waals surface area (Å²) in [5.41, 5.74) is 6.91. The van der Waals surface area contributed by atoms with Crippen LogP contribution in [-0.2, 0) is 7.05 Å². The highest BCUT2D eigenvalue weighted by Gasteiger charge is 2.30. The molecular weight excluding hydrogens is 344 g/mol. The van der Waals surface area contributed by atoms with Crippen molar-refractivity contribution < 1.29 is 5.94 Å². The lowest BCUT2D eigenvalue weighted by Gasteiger charge is -2.13. The quantitative estimate of drug-likeness (QED) is 0.476. The maximum atomic E-state index is 8.74. The highest BCUT2D eigenvalue weighted by Crippen LogP contribution is 2.31. The minimum absolute atomic E-state index is 0.678. The van der Waals surface area contributed by atoms with E-state index in [9.17, 15) is 0 Å². The number of nitrogens with zero attached hydrogens (tertiary/aromatic N) is 4. The predicted octanol–water partition coefficient (Wildman–Crippen LogP) is 4.96. The third-order valence-corrected chi connectivity index (χ3v) is 5.37. The van der Waals surface area contributed by atoms with Crippen molar-refractivity contribution in [1.82, 2.24) is 14.5 Å². The molecule has 0 radical (unpaired) electrons. The Bertz CT molecular complexity index is 1230. The average Bonchev–Trinajstić information content (AvgIpc) is 2.96. The van der Waals surface area contributed by atoms with Crippen molar-refractivity contribution in [2.45, 2.75) is 40.5 Å². The van der Waals surface area contributed by atoms with E-state index >= 15 is 0 Å². The number of hydrogen-bond acceptors (Lipinski definition) is 2. The van der Waals surface area contributed by atoms with Gasteiger partial charge < -0.3 is 0 Å². The zero-order valence-corrected chi connectivity index (χ0v) is 17.4. The fourth-order valence-electron chi connectivity index (χ4n) is 3.74. The summed E-state index contributed by atoms with van der Waals surface area (Å²) >= 11 is 0. The Morgan fingerprint density at radius 2 is 1.57 bits per heavy atom. The van der Waals surface area contributed by atoms with Gasteiger partial charge in [-0.1, -0.05) is 44.2 Å². The Kier molecular flexibility index (Phi) is 4.19. The molecule has 0 amide bonds. The summed E-state index contributed by atoms with van der Waals surface area (Å²) in [5, 5.41) is 0. The molecule has 0 unspecified atom stereocenters. The summed E-state index contributed by atoms with van der Waals surface area (Å²) < 4.78 is 13.1. The number of fused-ring (bicyclic) bond motifs is 1. The van der Waals surface area contributed by atoms with Crippen LogP contribution in [0.3, 0.4) is 0 Å². The van der Waals surface area contributed by atoms with Crippen LogP contribution in [0.15, 0.2) is 48.5 Å². The first-order valence-electron chi connectivity index (χ1n) is 10.1. The fraction of sp³-hybridized carbons (Fsp3) is 0.292. The summed E-state index contributed by atoms with van der Waals surface area (Å²) in [5.74, 6) is 0.879. The summed E-state index contributed by atoms with van der Waals surface area (Å²) in [4.78, 5) is 9.77. The number of aromatic nitrogens is 4. The molecule has 4 heteroatoms. The summed E-state index contributed by atoms with van der Waals surface area (Å²) in [7, 11) is 2.08. The molecule has 0 N–H and O–H groups in total. The van der Waals surface area contributed by atoms with Crippen molar-refractivity contribution in [3.05, 3.63) is 71.2 Å². The van der Waals surface area contributed by atoms with E-state index in [1.165, 1.54) is 5.56 Å². The molecule has 4 aromatic rings. The van der Waals surface area contributed by atoms with E-state index in [1.54, 1.807) is 0 Å². The monoisotopic (exact) mass is 372 g/mol. The Balaban J connectivity index is 2.20. The number of hydrogen-bond donors (Lipinski definition) is 0. The van der Waals surface area contributed by atoms with Gasteiger partial charge in [-0.25, -0.2) is 14.5 Å². The molecule has 2 aromatic heterocycles. The largest absolute Gasteiger partial charge is 0.296 e. The highest BCUT2D eigenvalue weighted by molar-refractivity contribution is 5.79. The van der Waals surface area contributed by atoms with Crippen LogP contribution in [0.4, 0.5) is 0 Å². The van der Waals surface area contributed by atoms with Gasteiger partial charge >= 0.3 is 0 Å². The van der Waals surface area contributed by atoms with Gasteiger partial charge in [0.05, 0.1) is 24.0 Å². The first-order chi connectivity index (χ1) is 13.7. The summed E-state index contributed by atoms with van der Waals surface area (Å²) in [6.07, 6.45) is 0. The first-order valence-corrected chi connectivity index (χ1v) is 9.61. The van der Waals surface area contributed by atoms with Gasteiger partial charge in [-0.2, -0.15) is 4.57 Å². The second kappa shape index (κ2) is 6.86. The molecule has 0 atom stereocenters. The normalized spacial score (nSPS) is 12.4. The van der Waals surface area contributed by atoms with Crippen LogP contribution in [0.2, 0.25) is 0 Å².